The maximum absolute atomic E-state index is 12.6. The topological polar surface area (TPSA) is 79.8 Å². The van der Waals surface area contributed by atoms with E-state index in [0.717, 1.165) is 0 Å². The van der Waals surface area contributed by atoms with Crippen molar-refractivity contribution in [2.24, 2.45) is 0 Å². The molecule has 1 atom stereocenters. The monoisotopic (exact) mass is 444 g/mol. The van der Waals surface area contributed by atoms with Crippen molar-refractivity contribution in [3.8, 4) is 11.5 Å². The predicted molar refractivity (Wildman–Crippen MR) is 117 cm³/mol. The number of benzene rings is 3. The van der Waals surface area contributed by atoms with Crippen LogP contribution in [0.25, 0.3) is 0 Å². The number of carbonyl (C=O) groups is 1. The van der Waals surface area contributed by atoms with Gasteiger partial charge in [-0.3, -0.25) is 0 Å². The molecule has 0 aromatic heterocycles. The minimum Gasteiger partial charge on any atom is -0.486 e. The third-order valence-corrected chi connectivity index (χ3v) is 5.05. The summed E-state index contributed by atoms with van der Waals surface area (Å²) in [5.74, 6) is 1.00. The lowest BCUT2D eigenvalue weighted by atomic mass is 9.99. The highest BCUT2D eigenvalue weighted by atomic mass is 35.5. The van der Waals surface area contributed by atoms with Gasteiger partial charge in [0.1, 0.15) is 19.3 Å². The van der Waals surface area contributed by atoms with Gasteiger partial charge in [-0.05, 0) is 48.0 Å². The summed E-state index contributed by atoms with van der Waals surface area (Å²) in [6.07, 6.45) is -1.01. The Kier molecular flexibility index (Phi) is 5.99. The highest BCUT2D eigenvalue weighted by Crippen LogP contribution is 2.40. The predicted octanol–water partition coefficient (Wildman–Crippen LogP) is 5.49. The van der Waals surface area contributed by atoms with Gasteiger partial charge in [0, 0.05) is 27.4 Å². The van der Waals surface area contributed by atoms with Crippen LogP contribution in [0.3, 0.4) is 0 Å². The number of ether oxygens (including phenoxy) is 2. The summed E-state index contributed by atoms with van der Waals surface area (Å²) in [5, 5.41) is 17.6. The molecule has 3 aromatic rings. The van der Waals surface area contributed by atoms with Gasteiger partial charge in [-0.1, -0.05) is 35.3 Å². The second-order valence-electron chi connectivity index (χ2n) is 6.62. The summed E-state index contributed by atoms with van der Waals surface area (Å²) < 4.78 is 11.3. The molecule has 0 aliphatic carbocycles. The lowest BCUT2D eigenvalue weighted by Gasteiger charge is -2.23. The lowest BCUT2D eigenvalue weighted by Crippen LogP contribution is -2.22. The van der Waals surface area contributed by atoms with Gasteiger partial charge < -0.3 is 25.2 Å². The first kappa shape index (κ1) is 20.3. The van der Waals surface area contributed by atoms with Crippen molar-refractivity contribution < 1.29 is 19.4 Å². The SMILES string of the molecule is O=C(Nc1ccc(Cl)cc1)Nc1cc2c(cc1[C@H](O)c1ccc(Cl)cc1)OCCO2. The van der Waals surface area contributed by atoms with Crippen LogP contribution in [0.1, 0.15) is 17.2 Å². The third-order valence-electron chi connectivity index (χ3n) is 4.54. The van der Waals surface area contributed by atoms with Crippen molar-refractivity contribution in [3.63, 3.8) is 0 Å². The summed E-state index contributed by atoms with van der Waals surface area (Å²) >= 11 is 11.8. The molecule has 154 valence electrons. The maximum atomic E-state index is 12.6. The zero-order valence-electron chi connectivity index (χ0n) is 15.7. The minimum atomic E-state index is -1.01. The molecule has 2 amide bonds. The number of urea groups is 1. The quantitative estimate of drug-likeness (QED) is 0.496. The van der Waals surface area contributed by atoms with Crippen LogP contribution in [0, 0.1) is 0 Å². The van der Waals surface area contributed by atoms with E-state index in [1.165, 1.54) is 0 Å². The van der Waals surface area contributed by atoms with E-state index in [4.69, 9.17) is 32.7 Å². The third kappa shape index (κ3) is 4.62. The number of anilines is 2. The second kappa shape index (κ2) is 8.83. The number of aliphatic hydroxyl groups excluding tert-OH is 1. The van der Waals surface area contributed by atoms with Crippen molar-refractivity contribution in [3.05, 3.63) is 81.8 Å². The molecule has 0 fully saturated rings. The van der Waals surface area contributed by atoms with E-state index in [1.807, 2.05) is 0 Å². The molecule has 8 heteroatoms. The number of nitrogens with one attached hydrogen (secondary N) is 2. The Balaban J connectivity index is 1.63. The number of carbonyl (C=O) groups excluding carboxylic acids is 1. The van der Waals surface area contributed by atoms with E-state index in [1.54, 1.807) is 60.7 Å². The molecule has 6 nitrogen and oxygen atoms in total. The summed E-state index contributed by atoms with van der Waals surface area (Å²) in [5.41, 5.74) is 2.06. The highest BCUT2D eigenvalue weighted by molar-refractivity contribution is 6.30. The highest BCUT2D eigenvalue weighted by Gasteiger charge is 2.22. The van der Waals surface area contributed by atoms with Gasteiger partial charge in [0.25, 0.3) is 0 Å². The van der Waals surface area contributed by atoms with Crippen molar-refractivity contribution in [1.29, 1.82) is 0 Å². The van der Waals surface area contributed by atoms with Gasteiger partial charge in [0.05, 0.1) is 5.69 Å². The molecular weight excluding hydrogens is 427 g/mol. The van der Waals surface area contributed by atoms with Gasteiger partial charge in [0.15, 0.2) is 11.5 Å². The minimum absolute atomic E-state index is 0.396. The Bertz CT molecular complexity index is 1060. The largest absolute Gasteiger partial charge is 0.486 e. The Labute approximate surface area is 183 Å². The fraction of sp³-hybridized carbons (Fsp3) is 0.136. The van der Waals surface area contributed by atoms with Gasteiger partial charge >= 0.3 is 6.03 Å². The van der Waals surface area contributed by atoms with E-state index < -0.39 is 12.1 Å². The number of hydrogen-bond acceptors (Lipinski definition) is 4. The molecule has 1 aliphatic rings. The second-order valence-corrected chi connectivity index (χ2v) is 7.50. The van der Waals surface area contributed by atoms with Crippen LogP contribution in [0.4, 0.5) is 16.2 Å². The Morgan fingerprint density at radius 1 is 0.867 bits per heavy atom. The molecule has 0 spiro atoms. The molecule has 0 saturated heterocycles. The van der Waals surface area contributed by atoms with Crippen LogP contribution in [-0.4, -0.2) is 24.4 Å². The average Bonchev–Trinajstić information content (AvgIpc) is 2.75. The van der Waals surface area contributed by atoms with Crippen molar-refractivity contribution in [1.82, 2.24) is 0 Å². The Morgan fingerprint density at radius 3 is 2.07 bits per heavy atom. The molecule has 0 bridgehead atoms. The van der Waals surface area contributed by atoms with E-state index in [0.29, 0.717) is 57.3 Å². The zero-order valence-corrected chi connectivity index (χ0v) is 17.2. The average molecular weight is 445 g/mol. The van der Waals surface area contributed by atoms with Crippen LogP contribution in [0.15, 0.2) is 60.7 Å². The molecule has 0 radical (unpaired) electrons. The zero-order chi connectivity index (χ0) is 21.1. The lowest BCUT2D eigenvalue weighted by molar-refractivity contribution is 0.170. The molecule has 3 aromatic carbocycles. The summed E-state index contributed by atoms with van der Waals surface area (Å²) in [6, 6.07) is 16.4. The van der Waals surface area contributed by atoms with Crippen LogP contribution in [0.2, 0.25) is 10.0 Å². The summed E-state index contributed by atoms with van der Waals surface area (Å²) in [4.78, 5) is 12.6. The number of aliphatic hydroxyl groups is 1. The van der Waals surface area contributed by atoms with E-state index in [-0.39, 0.29) is 0 Å². The van der Waals surface area contributed by atoms with E-state index in [2.05, 4.69) is 10.6 Å². The van der Waals surface area contributed by atoms with Gasteiger partial charge in [-0.15, -0.1) is 0 Å². The standard InChI is InChI=1S/C22H18Cl2N2O4/c23-14-3-1-13(2-4-14)21(27)17-11-19-20(30-10-9-29-19)12-18(17)26-22(28)25-16-7-5-15(24)6-8-16/h1-8,11-12,21,27H,9-10H2,(H2,25,26,28)/t21-/m1/s1. The van der Waals surface area contributed by atoms with E-state index >= 15 is 0 Å². The number of hydrogen-bond donors (Lipinski definition) is 3. The van der Waals surface area contributed by atoms with Crippen molar-refractivity contribution in [2.75, 3.05) is 23.8 Å². The summed E-state index contributed by atoms with van der Waals surface area (Å²) in [6.45, 7) is 0.815. The van der Waals surface area contributed by atoms with E-state index in [9.17, 15) is 9.90 Å². The molecule has 3 N–H and O–H groups in total. The van der Waals surface area contributed by atoms with Crippen LogP contribution < -0.4 is 20.1 Å². The first-order chi connectivity index (χ1) is 14.5. The van der Waals surface area contributed by atoms with Crippen LogP contribution in [-0.2, 0) is 0 Å². The Hall–Kier alpha value is -2.93. The van der Waals surface area contributed by atoms with Crippen molar-refractivity contribution in [2.45, 2.75) is 6.10 Å². The molecule has 30 heavy (non-hydrogen) atoms. The number of fused-ring (bicyclic) bond motifs is 1. The maximum Gasteiger partial charge on any atom is 0.323 e. The van der Waals surface area contributed by atoms with Crippen molar-refractivity contribution >= 4 is 40.6 Å². The molecule has 0 unspecified atom stereocenters. The van der Waals surface area contributed by atoms with Gasteiger partial charge in [-0.25, -0.2) is 4.79 Å². The molecular formula is C22H18Cl2N2O4. The number of amides is 2. The molecule has 1 aliphatic heterocycles. The first-order valence-electron chi connectivity index (χ1n) is 9.20. The van der Waals surface area contributed by atoms with Gasteiger partial charge in [0.2, 0.25) is 0 Å². The van der Waals surface area contributed by atoms with Crippen LogP contribution in [0.5, 0.6) is 11.5 Å². The normalized spacial score (nSPS) is 13.4. The fourth-order valence-corrected chi connectivity index (χ4v) is 3.33. The molecule has 4 rings (SSSR count). The summed E-state index contributed by atoms with van der Waals surface area (Å²) in [7, 11) is 0. The number of rotatable bonds is 4. The fourth-order valence-electron chi connectivity index (χ4n) is 3.08. The Morgan fingerprint density at radius 2 is 1.43 bits per heavy atom. The van der Waals surface area contributed by atoms with Gasteiger partial charge in [-0.2, -0.15) is 0 Å². The first-order valence-corrected chi connectivity index (χ1v) is 9.96. The molecule has 1 heterocycles. The molecule has 0 saturated carbocycles. The van der Waals surface area contributed by atoms with Crippen LogP contribution >= 0.6 is 23.2 Å². The smallest absolute Gasteiger partial charge is 0.323 e. The number of halogens is 2.